The van der Waals surface area contributed by atoms with E-state index < -0.39 is 5.41 Å². The first-order chi connectivity index (χ1) is 36.1. The molecule has 0 radical (unpaired) electrons. The molecule has 0 amide bonds. The van der Waals surface area contributed by atoms with E-state index in [4.69, 9.17) is 23.7 Å². The molecule has 0 saturated carbocycles. The van der Waals surface area contributed by atoms with Crippen molar-refractivity contribution in [1.82, 2.24) is 0 Å². The number of rotatable bonds is 62. The van der Waals surface area contributed by atoms with Crippen molar-refractivity contribution in [3.8, 4) is 11.5 Å². The summed E-state index contributed by atoms with van der Waals surface area (Å²) in [6.45, 7) is 11.2. The summed E-state index contributed by atoms with van der Waals surface area (Å²) in [6, 6.07) is 5.72. The molecule has 0 fully saturated rings. The van der Waals surface area contributed by atoms with Crippen molar-refractivity contribution in [1.29, 1.82) is 0 Å². The average molecular weight is 1030 g/mol. The molecule has 0 heterocycles. The zero-order valence-electron chi connectivity index (χ0n) is 49.8. The first-order valence-electron chi connectivity index (χ1n) is 32.8. The van der Waals surface area contributed by atoms with E-state index in [1.54, 1.807) is 7.11 Å². The van der Waals surface area contributed by atoms with Crippen LogP contribution in [0, 0.1) is 5.41 Å². The summed E-state index contributed by atoms with van der Waals surface area (Å²) in [4.78, 5) is 0. The van der Waals surface area contributed by atoms with Gasteiger partial charge in [-0.3, -0.25) is 0 Å². The number of aliphatic hydroxyl groups is 1. The predicted molar refractivity (Wildman–Crippen MR) is 318 cm³/mol. The Balaban J connectivity index is 2.61. The van der Waals surface area contributed by atoms with Gasteiger partial charge in [0.05, 0.1) is 39.0 Å². The van der Waals surface area contributed by atoms with Gasteiger partial charge < -0.3 is 28.8 Å². The van der Waals surface area contributed by atoms with Gasteiger partial charge in [-0.05, 0) is 31.4 Å². The van der Waals surface area contributed by atoms with Crippen molar-refractivity contribution in [2.45, 2.75) is 336 Å². The van der Waals surface area contributed by atoms with E-state index in [1.807, 2.05) is 18.2 Å². The molecular weight excluding hydrogens is 901 g/mol. The van der Waals surface area contributed by atoms with Crippen molar-refractivity contribution in [2.24, 2.45) is 5.41 Å². The zero-order valence-corrected chi connectivity index (χ0v) is 49.8. The molecule has 0 bridgehead atoms. The summed E-state index contributed by atoms with van der Waals surface area (Å²) in [5.74, 6) is 1.37. The fourth-order valence-corrected chi connectivity index (χ4v) is 10.6. The highest BCUT2D eigenvalue weighted by Crippen LogP contribution is 2.29. The van der Waals surface area contributed by atoms with Gasteiger partial charge in [-0.25, -0.2) is 0 Å². The molecule has 1 aromatic carbocycles. The number of methoxy groups -OCH3 is 1. The lowest BCUT2D eigenvalue weighted by Crippen LogP contribution is -2.43. The molecule has 0 unspecified atom stereocenters. The molecule has 1 N–H and O–H groups in total. The SMILES string of the molecule is CCCCCCCCCCCCCCCCCCOCC(COCCCCCCCCCCCCCCCCCC)(COCCCCCCCCCCCCCCCCCC)COc1ccc(CO)c(OC)c1. The van der Waals surface area contributed by atoms with Crippen molar-refractivity contribution < 1.29 is 28.8 Å². The standard InChI is InChI=1S/C67H128O6/c1-5-8-11-14-17-20-23-26-29-32-35-38-41-44-47-50-55-70-60-67(63-73-65-54-53-64(59-68)66(58-65)69-4,61-71-56-51-48-45-42-39-36-33-30-27-24-21-18-15-12-9-6-2)62-72-57-52-49-46-43-40-37-34-31-28-25-22-19-16-13-10-7-3/h53-54,58,68H,5-52,55-57,59-63H2,1-4H3. The van der Waals surface area contributed by atoms with E-state index in [-0.39, 0.29) is 6.61 Å². The van der Waals surface area contributed by atoms with Crippen molar-refractivity contribution in [3.05, 3.63) is 23.8 Å². The molecule has 6 nitrogen and oxygen atoms in total. The van der Waals surface area contributed by atoms with Crippen LogP contribution < -0.4 is 9.47 Å². The van der Waals surface area contributed by atoms with E-state index in [0.29, 0.717) is 32.2 Å². The minimum Gasteiger partial charge on any atom is -0.496 e. The molecule has 0 atom stereocenters. The number of unbranched alkanes of at least 4 members (excludes halogenated alkanes) is 45. The lowest BCUT2D eigenvalue weighted by atomic mass is 9.92. The summed E-state index contributed by atoms with van der Waals surface area (Å²) < 4.78 is 31.9. The van der Waals surface area contributed by atoms with E-state index in [0.717, 1.165) is 50.4 Å². The van der Waals surface area contributed by atoms with Gasteiger partial charge in [-0.15, -0.1) is 0 Å². The minimum absolute atomic E-state index is 0.0685. The average Bonchev–Trinajstić information content (AvgIpc) is 3.41. The van der Waals surface area contributed by atoms with Gasteiger partial charge in [0.25, 0.3) is 0 Å². The molecule has 0 spiro atoms. The smallest absolute Gasteiger partial charge is 0.128 e. The van der Waals surface area contributed by atoms with Crippen molar-refractivity contribution in [3.63, 3.8) is 0 Å². The molecule has 73 heavy (non-hydrogen) atoms. The van der Waals surface area contributed by atoms with Crippen LogP contribution in [-0.2, 0) is 20.8 Å². The maximum atomic E-state index is 9.87. The predicted octanol–water partition coefficient (Wildman–Crippen LogP) is 21.4. The first kappa shape index (κ1) is 69.7. The highest BCUT2D eigenvalue weighted by atomic mass is 16.5. The van der Waals surface area contributed by atoms with E-state index in [9.17, 15) is 5.11 Å². The zero-order chi connectivity index (χ0) is 52.5. The molecule has 0 aliphatic carbocycles. The van der Waals surface area contributed by atoms with Crippen LogP contribution in [0.2, 0.25) is 0 Å². The van der Waals surface area contributed by atoms with Crippen LogP contribution in [0.15, 0.2) is 18.2 Å². The van der Waals surface area contributed by atoms with Gasteiger partial charge >= 0.3 is 0 Å². The largest absolute Gasteiger partial charge is 0.496 e. The van der Waals surface area contributed by atoms with Crippen LogP contribution in [0.3, 0.4) is 0 Å². The second-order valence-corrected chi connectivity index (χ2v) is 23.0. The van der Waals surface area contributed by atoms with Crippen LogP contribution in [-0.4, -0.2) is 58.5 Å². The lowest BCUT2D eigenvalue weighted by molar-refractivity contribution is -0.0893. The van der Waals surface area contributed by atoms with Crippen LogP contribution >= 0.6 is 0 Å². The monoisotopic (exact) mass is 1030 g/mol. The second kappa shape index (κ2) is 56.9. The van der Waals surface area contributed by atoms with Gasteiger partial charge in [0, 0.05) is 31.5 Å². The van der Waals surface area contributed by atoms with Crippen LogP contribution in [0.25, 0.3) is 0 Å². The van der Waals surface area contributed by atoms with E-state index >= 15 is 0 Å². The molecule has 1 rings (SSSR count). The normalized spacial score (nSPS) is 11.8. The van der Waals surface area contributed by atoms with Crippen molar-refractivity contribution in [2.75, 3.05) is 53.4 Å². The summed E-state index contributed by atoms with van der Waals surface area (Å²) in [5.41, 5.74) is 0.328. The molecule has 0 aliphatic rings. The molecule has 0 aliphatic heterocycles. The van der Waals surface area contributed by atoms with Crippen LogP contribution in [0.1, 0.15) is 335 Å². The third-order valence-corrected chi connectivity index (χ3v) is 15.6. The lowest BCUT2D eigenvalue weighted by Gasteiger charge is -2.33. The summed E-state index contributed by atoms with van der Waals surface area (Å²) in [7, 11) is 1.65. The minimum atomic E-state index is -0.429. The van der Waals surface area contributed by atoms with E-state index in [1.165, 1.54) is 289 Å². The summed E-state index contributed by atoms with van der Waals surface area (Å²) in [5, 5.41) is 9.87. The Morgan fingerprint density at radius 1 is 0.329 bits per heavy atom. The molecule has 432 valence electrons. The van der Waals surface area contributed by atoms with E-state index in [2.05, 4.69) is 20.8 Å². The Hall–Kier alpha value is -1.34. The number of aliphatic hydroxyl groups excluding tert-OH is 1. The Labute approximate surface area is 456 Å². The highest BCUT2D eigenvalue weighted by molar-refractivity contribution is 5.40. The van der Waals surface area contributed by atoms with Gasteiger partial charge in [0.1, 0.15) is 18.1 Å². The summed E-state index contributed by atoms with van der Waals surface area (Å²) in [6.07, 6.45) is 65.7. The molecule has 0 saturated heterocycles. The Kier molecular flexibility index (Phi) is 54.3. The van der Waals surface area contributed by atoms with Gasteiger partial charge in [0.15, 0.2) is 0 Å². The maximum absolute atomic E-state index is 9.87. The van der Waals surface area contributed by atoms with Gasteiger partial charge in [-0.2, -0.15) is 0 Å². The van der Waals surface area contributed by atoms with Crippen LogP contribution in [0.5, 0.6) is 11.5 Å². The molecule has 1 aromatic rings. The maximum Gasteiger partial charge on any atom is 0.128 e. The fourth-order valence-electron chi connectivity index (χ4n) is 10.6. The Morgan fingerprint density at radius 3 is 0.808 bits per heavy atom. The number of ether oxygens (including phenoxy) is 5. The van der Waals surface area contributed by atoms with Crippen molar-refractivity contribution >= 4 is 0 Å². The molecule has 6 heteroatoms. The van der Waals surface area contributed by atoms with Gasteiger partial charge in [0.2, 0.25) is 0 Å². The number of benzene rings is 1. The Bertz CT molecular complexity index is 1110. The second-order valence-electron chi connectivity index (χ2n) is 23.0. The topological polar surface area (TPSA) is 66.4 Å². The molecule has 0 aromatic heterocycles. The fraction of sp³-hybridized carbons (Fsp3) is 0.910. The summed E-state index contributed by atoms with van der Waals surface area (Å²) >= 11 is 0. The Morgan fingerprint density at radius 2 is 0.575 bits per heavy atom. The molecular formula is C67H128O6. The highest BCUT2D eigenvalue weighted by Gasteiger charge is 2.33. The quantitative estimate of drug-likeness (QED) is 0.0656. The third kappa shape index (κ3) is 46.5. The third-order valence-electron chi connectivity index (χ3n) is 15.6. The number of hydrogen-bond donors (Lipinski definition) is 1. The van der Waals surface area contributed by atoms with Gasteiger partial charge in [-0.1, -0.05) is 310 Å². The number of hydrogen-bond acceptors (Lipinski definition) is 6. The first-order valence-corrected chi connectivity index (χ1v) is 32.8. The van der Waals surface area contributed by atoms with Crippen LogP contribution in [0.4, 0.5) is 0 Å².